The molecular weight excluding hydrogens is 628 g/mol. The van der Waals surface area contributed by atoms with Crippen molar-refractivity contribution < 1.29 is 33.3 Å². The van der Waals surface area contributed by atoms with Crippen LogP contribution in [0.3, 0.4) is 0 Å². The van der Waals surface area contributed by atoms with E-state index < -0.39 is 17.5 Å². The monoisotopic (exact) mass is 647 g/mol. The minimum atomic E-state index is -1.27. The maximum absolute atomic E-state index is 13.8. The van der Waals surface area contributed by atoms with E-state index in [9.17, 15) is 13.2 Å². The first kappa shape index (κ1) is 24.7. The molecule has 0 fully saturated rings. The zero-order valence-electron chi connectivity index (χ0n) is 18.4. The van der Waals surface area contributed by atoms with Crippen LogP contribution in [0.25, 0.3) is 27.7 Å². The summed E-state index contributed by atoms with van der Waals surface area (Å²) in [6.07, 6.45) is 6.77. The van der Waals surface area contributed by atoms with Gasteiger partial charge in [-0.05, 0) is 35.3 Å². The molecule has 2 aliphatic heterocycles. The number of hydrogen-bond acceptors (Lipinski definition) is 2. The number of hydrogen-bond donors (Lipinski definition) is 0. The Kier molecular flexibility index (Phi) is 7.69. The Bertz CT molecular complexity index is 1340. The molecule has 2 aliphatic rings. The molecule has 6 rings (SSSR count). The summed E-state index contributed by atoms with van der Waals surface area (Å²) in [6, 6.07) is 24.8. The number of pyridine rings is 1. The molecule has 0 saturated heterocycles. The van der Waals surface area contributed by atoms with Gasteiger partial charge in [0, 0.05) is 18.6 Å². The number of rotatable bonds is 2. The summed E-state index contributed by atoms with van der Waals surface area (Å²) in [5, 5.41) is 4.41. The minimum Gasteiger partial charge on any atom is -0.668 e. The zero-order valence-corrected chi connectivity index (χ0v) is 20.8. The number of aromatic nitrogens is 1. The number of nitrogens with zero attached hydrogens (tertiary/aromatic N) is 3. The van der Waals surface area contributed by atoms with E-state index in [4.69, 9.17) is 0 Å². The summed E-state index contributed by atoms with van der Waals surface area (Å²) in [5.41, 5.74) is 4.39. The van der Waals surface area contributed by atoms with Gasteiger partial charge in [-0.2, -0.15) is 41.6 Å². The van der Waals surface area contributed by atoms with Gasteiger partial charge in [0.15, 0.2) is 0 Å². The molecule has 0 bridgehead atoms. The van der Waals surface area contributed by atoms with Crippen LogP contribution in [0.15, 0.2) is 85.3 Å². The molecule has 0 N–H and O–H groups in total. The normalized spacial score (nSPS) is 15.2. The molecule has 1 aromatic heterocycles. The first-order valence-corrected chi connectivity index (χ1v) is 10.8. The molecular formula is C28H19F3IrN3. The quantitative estimate of drug-likeness (QED) is 0.177. The zero-order chi connectivity index (χ0) is 23.5. The summed E-state index contributed by atoms with van der Waals surface area (Å²) < 4.78 is 40.0. The Labute approximate surface area is 215 Å². The van der Waals surface area contributed by atoms with E-state index in [1.807, 2.05) is 42.6 Å². The fourth-order valence-corrected chi connectivity index (χ4v) is 4.04. The van der Waals surface area contributed by atoms with Gasteiger partial charge in [-0.3, -0.25) is 8.78 Å². The summed E-state index contributed by atoms with van der Waals surface area (Å²) in [6.45, 7) is 1.08. The maximum atomic E-state index is 13.8. The van der Waals surface area contributed by atoms with Gasteiger partial charge >= 0.3 is 20.1 Å². The average molecular weight is 647 g/mol. The van der Waals surface area contributed by atoms with Crippen LogP contribution >= 0.6 is 0 Å². The van der Waals surface area contributed by atoms with Crippen molar-refractivity contribution in [2.75, 3.05) is 6.54 Å². The summed E-state index contributed by atoms with van der Waals surface area (Å²) in [7, 11) is 0. The van der Waals surface area contributed by atoms with Crippen molar-refractivity contribution in [2.24, 2.45) is 0 Å². The van der Waals surface area contributed by atoms with Crippen molar-refractivity contribution in [2.45, 2.75) is 12.6 Å². The van der Waals surface area contributed by atoms with E-state index in [1.165, 1.54) is 17.3 Å². The Morgan fingerprint density at radius 1 is 0.943 bits per heavy atom. The topological polar surface area (TPSA) is 30.2 Å². The minimum absolute atomic E-state index is 0. The Morgan fingerprint density at radius 2 is 1.77 bits per heavy atom. The molecule has 4 aromatic rings. The van der Waals surface area contributed by atoms with Crippen molar-refractivity contribution in [3.63, 3.8) is 0 Å². The van der Waals surface area contributed by atoms with Crippen molar-refractivity contribution in [3.8, 4) is 22.4 Å². The molecule has 3 heterocycles. The smallest absolute Gasteiger partial charge is 0.668 e. The van der Waals surface area contributed by atoms with Gasteiger partial charge in [0.1, 0.15) is 0 Å². The average Bonchev–Trinajstić information content (AvgIpc) is 3.37. The Hall–Kier alpha value is -3.41. The van der Waals surface area contributed by atoms with E-state index in [1.54, 1.807) is 12.1 Å². The van der Waals surface area contributed by atoms with Gasteiger partial charge in [-0.15, -0.1) is 0 Å². The molecule has 7 heteroatoms. The number of halogens is 3. The first-order valence-electron chi connectivity index (χ1n) is 10.8. The molecule has 0 spiro atoms. The molecule has 3 aromatic carbocycles. The fourth-order valence-electron chi connectivity index (χ4n) is 4.04. The standard InChI is InChI=1S/C17H9F3N.C11H10N2.Ir/c18-14-10-16(20)15(19)9-13(14)17-8-12(6-7-21-17)11-4-2-1-3-5-11;1-2-4-10-9(3-1)5-7-13-8-6-12-11(10)13;/h1-8,10H;1-3,6,8,11H,5,7H2;/q-1;-2;+3. The number of fused-ring (bicyclic) bond motifs is 3. The van der Waals surface area contributed by atoms with Crippen LogP contribution < -0.4 is 0 Å². The van der Waals surface area contributed by atoms with Crippen molar-refractivity contribution in [1.82, 2.24) is 9.88 Å². The van der Waals surface area contributed by atoms with Gasteiger partial charge in [0.2, 0.25) is 0 Å². The third-order valence-corrected chi connectivity index (χ3v) is 5.74. The summed E-state index contributed by atoms with van der Waals surface area (Å²) in [4.78, 5) is 6.27. The van der Waals surface area contributed by atoms with Crippen molar-refractivity contribution in [1.29, 1.82) is 0 Å². The summed E-state index contributed by atoms with van der Waals surface area (Å²) >= 11 is 0. The van der Waals surface area contributed by atoms with E-state index in [0.717, 1.165) is 24.1 Å². The fraction of sp³-hybridized carbons (Fsp3) is 0.107. The predicted octanol–water partition coefficient (Wildman–Crippen LogP) is 6.83. The van der Waals surface area contributed by atoms with E-state index in [2.05, 4.69) is 45.7 Å². The number of benzene rings is 3. The van der Waals surface area contributed by atoms with E-state index in [0.29, 0.717) is 6.07 Å². The third-order valence-electron chi connectivity index (χ3n) is 5.74. The van der Waals surface area contributed by atoms with Crippen LogP contribution in [0.5, 0.6) is 0 Å². The predicted molar refractivity (Wildman–Crippen MR) is 125 cm³/mol. The van der Waals surface area contributed by atoms with Crippen LogP contribution in [0.2, 0.25) is 0 Å². The first-order chi connectivity index (χ1) is 16.6. The van der Waals surface area contributed by atoms with Crippen LogP contribution in [0.1, 0.15) is 17.3 Å². The largest absolute Gasteiger partial charge is 3.00 e. The Morgan fingerprint density at radius 3 is 2.60 bits per heavy atom. The molecule has 3 nitrogen and oxygen atoms in total. The van der Waals surface area contributed by atoms with Gasteiger partial charge in [0.25, 0.3) is 0 Å². The van der Waals surface area contributed by atoms with Gasteiger partial charge in [-0.1, -0.05) is 60.5 Å². The van der Waals surface area contributed by atoms with Crippen LogP contribution in [0, 0.1) is 29.6 Å². The molecule has 176 valence electrons. The van der Waals surface area contributed by atoms with Gasteiger partial charge in [-0.25, -0.2) is 4.39 Å². The third kappa shape index (κ3) is 5.31. The van der Waals surface area contributed by atoms with E-state index >= 15 is 0 Å². The van der Waals surface area contributed by atoms with Crippen LogP contribution in [0.4, 0.5) is 13.2 Å². The second-order valence-electron chi connectivity index (χ2n) is 7.87. The molecule has 0 amide bonds. The molecule has 1 atom stereocenters. The summed E-state index contributed by atoms with van der Waals surface area (Å²) in [5.74, 6) is -3.39. The van der Waals surface area contributed by atoms with Crippen molar-refractivity contribution in [3.05, 3.63) is 131 Å². The molecule has 0 aliphatic carbocycles. The van der Waals surface area contributed by atoms with Gasteiger partial charge in [0.05, 0.1) is 11.6 Å². The molecule has 1 unspecified atom stereocenters. The molecule has 0 radical (unpaired) electrons. The SMILES string of the molecule is Fc1[c-]c(-c2cc(-c3ccccc3)ccn2)c(F)cc1F.[Ir+3].[c-]1cccc2c1C1[N-]C=CN1CC2. The van der Waals surface area contributed by atoms with Gasteiger partial charge < -0.3 is 15.2 Å². The second kappa shape index (κ2) is 10.9. The molecule has 0 saturated carbocycles. The van der Waals surface area contributed by atoms with Crippen LogP contribution in [-0.4, -0.2) is 16.4 Å². The maximum Gasteiger partial charge on any atom is 3.00 e. The molecule has 35 heavy (non-hydrogen) atoms. The van der Waals surface area contributed by atoms with Crippen LogP contribution in [-0.2, 0) is 26.5 Å². The Balaban J connectivity index is 0.000000177. The van der Waals surface area contributed by atoms with Crippen molar-refractivity contribution >= 4 is 0 Å². The van der Waals surface area contributed by atoms with E-state index in [-0.39, 0.29) is 37.5 Å². The second-order valence-corrected chi connectivity index (χ2v) is 7.87.